The van der Waals surface area contributed by atoms with Gasteiger partial charge >= 0.3 is 0 Å². The Morgan fingerprint density at radius 2 is 1.89 bits per heavy atom. The second-order valence-electron chi connectivity index (χ2n) is 3.85. The van der Waals surface area contributed by atoms with Gasteiger partial charge in [0.15, 0.2) is 0 Å². The zero-order chi connectivity index (χ0) is 13.0. The molecule has 4 heteroatoms. The number of hydrogen-bond donors (Lipinski definition) is 1. The van der Waals surface area contributed by atoms with Crippen molar-refractivity contribution in [3.05, 3.63) is 57.5 Å². The number of benzene rings is 2. The van der Waals surface area contributed by atoms with Crippen LogP contribution in [-0.2, 0) is 6.54 Å². The summed E-state index contributed by atoms with van der Waals surface area (Å²) < 4.78 is 6.74. The predicted octanol–water partition coefficient (Wildman–Crippen LogP) is 4.61. The summed E-state index contributed by atoms with van der Waals surface area (Å²) in [5, 5.41) is 3.70. The number of hydrogen-bond acceptors (Lipinski definition) is 2. The van der Waals surface area contributed by atoms with Gasteiger partial charge in [-0.3, -0.25) is 0 Å². The van der Waals surface area contributed by atoms with Gasteiger partial charge in [-0.25, -0.2) is 0 Å². The van der Waals surface area contributed by atoms with Gasteiger partial charge in [-0.1, -0.05) is 33.6 Å². The molecule has 0 aliphatic rings. The summed E-state index contributed by atoms with van der Waals surface area (Å²) in [5.41, 5.74) is 1.13. The topological polar surface area (TPSA) is 21.3 Å². The molecule has 0 atom stereocenters. The summed E-state index contributed by atoms with van der Waals surface area (Å²) in [6.07, 6.45) is 0. The molecular weight excluding hydrogens is 314 g/mol. The van der Waals surface area contributed by atoms with Gasteiger partial charge in [0.1, 0.15) is 11.5 Å². The highest BCUT2D eigenvalue weighted by atomic mass is 79.9. The van der Waals surface area contributed by atoms with Crippen LogP contribution in [-0.4, -0.2) is 7.05 Å². The fourth-order valence-corrected chi connectivity index (χ4v) is 2.08. The lowest BCUT2D eigenvalue weighted by atomic mass is 10.2. The molecule has 94 valence electrons. The van der Waals surface area contributed by atoms with E-state index in [1.165, 1.54) is 0 Å². The van der Waals surface area contributed by atoms with Crippen molar-refractivity contribution in [2.75, 3.05) is 7.05 Å². The molecule has 0 aliphatic carbocycles. The molecular formula is C14H13BrClNO. The number of rotatable bonds is 4. The molecule has 0 amide bonds. The van der Waals surface area contributed by atoms with Gasteiger partial charge in [-0.2, -0.15) is 0 Å². The molecule has 2 aromatic carbocycles. The zero-order valence-corrected chi connectivity index (χ0v) is 12.3. The van der Waals surface area contributed by atoms with Crippen molar-refractivity contribution in [1.29, 1.82) is 0 Å². The third-order valence-corrected chi connectivity index (χ3v) is 3.24. The summed E-state index contributed by atoms with van der Waals surface area (Å²) >= 11 is 9.57. The Kier molecular flexibility index (Phi) is 4.64. The third kappa shape index (κ3) is 3.48. The Balaban J connectivity index is 2.16. The van der Waals surface area contributed by atoms with Gasteiger partial charge in [-0.05, 0) is 49.0 Å². The second-order valence-corrected chi connectivity index (χ2v) is 5.17. The average Bonchev–Trinajstić information content (AvgIpc) is 2.36. The minimum atomic E-state index is 0.616. The highest BCUT2D eigenvalue weighted by Gasteiger charge is 2.04. The molecule has 0 saturated carbocycles. The van der Waals surface area contributed by atoms with Crippen LogP contribution in [0.3, 0.4) is 0 Å². The molecule has 2 rings (SSSR count). The van der Waals surface area contributed by atoms with Crippen LogP contribution in [0.1, 0.15) is 5.56 Å². The average molecular weight is 327 g/mol. The van der Waals surface area contributed by atoms with Gasteiger partial charge in [0.2, 0.25) is 0 Å². The van der Waals surface area contributed by atoms with E-state index in [2.05, 4.69) is 21.2 Å². The Bertz CT molecular complexity index is 528. The number of ether oxygens (including phenoxy) is 1. The highest BCUT2D eigenvalue weighted by Crippen LogP contribution is 2.30. The smallest absolute Gasteiger partial charge is 0.146 e. The van der Waals surface area contributed by atoms with E-state index in [1.54, 1.807) is 0 Å². The van der Waals surface area contributed by atoms with E-state index in [4.69, 9.17) is 16.3 Å². The molecule has 0 aromatic heterocycles. The summed E-state index contributed by atoms with van der Waals surface area (Å²) in [6, 6.07) is 13.4. The molecule has 0 spiro atoms. The van der Waals surface area contributed by atoms with E-state index < -0.39 is 0 Å². The molecule has 18 heavy (non-hydrogen) atoms. The molecule has 0 bridgehead atoms. The summed E-state index contributed by atoms with van der Waals surface area (Å²) in [4.78, 5) is 0. The maximum atomic E-state index is 6.18. The zero-order valence-electron chi connectivity index (χ0n) is 9.91. The fourth-order valence-electron chi connectivity index (χ4n) is 1.57. The van der Waals surface area contributed by atoms with Crippen LogP contribution in [0.4, 0.5) is 0 Å². The lowest BCUT2D eigenvalue weighted by Crippen LogP contribution is -2.04. The van der Waals surface area contributed by atoms with E-state index in [1.807, 2.05) is 49.5 Å². The maximum absolute atomic E-state index is 6.18. The minimum Gasteiger partial charge on any atom is -0.456 e. The first-order valence-corrected chi connectivity index (χ1v) is 6.72. The molecule has 2 aromatic rings. The van der Waals surface area contributed by atoms with Crippen LogP contribution < -0.4 is 10.1 Å². The molecule has 1 N–H and O–H groups in total. The summed E-state index contributed by atoms with van der Waals surface area (Å²) in [5.74, 6) is 1.43. The van der Waals surface area contributed by atoms with E-state index in [0.717, 1.165) is 22.3 Å². The van der Waals surface area contributed by atoms with Crippen molar-refractivity contribution in [3.63, 3.8) is 0 Å². The van der Waals surface area contributed by atoms with Gasteiger partial charge in [-0.15, -0.1) is 0 Å². The van der Waals surface area contributed by atoms with Gasteiger partial charge in [0, 0.05) is 11.0 Å². The predicted molar refractivity (Wildman–Crippen MR) is 78.4 cm³/mol. The van der Waals surface area contributed by atoms with Crippen molar-refractivity contribution >= 4 is 27.5 Å². The van der Waals surface area contributed by atoms with Crippen LogP contribution in [0.15, 0.2) is 46.9 Å². The van der Waals surface area contributed by atoms with Gasteiger partial charge in [0.05, 0.1) is 5.02 Å². The van der Waals surface area contributed by atoms with Crippen molar-refractivity contribution in [1.82, 2.24) is 5.32 Å². The summed E-state index contributed by atoms with van der Waals surface area (Å²) in [6.45, 7) is 0.790. The van der Waals surface area contributed by atoms with E-state index in [-0.39, 0.29) is 0 Å². The number of nitrogens with one attached hydrogen (secondary N) is 1. The normalized spacial score (nSPS) is 10.4. The van der Waals surface area contributed by atoms with E-state index in [0.29, 0.717) is 10.8 Å². The highest BCUT2D eigenvalue weighted by molar-refractivity contribution is 9.10. The molecule has 0 fully saturated rings. The van der Waals surface area contributed by atoms with E-state index >= 15 is 0 Å². The van der Waals surface area contributed by atoms with Crippen LogP contribution in [0, 0.1) is 0 Å². The molecule has 0 unspecified atom stereocenters. The Labute approximate surface area is 120 Å². The quantitative estimate of drug-likeness (QED) is 0.885. The minimum absolute atomic E-state index is 0.616. The second kappa shape index (κ2) is 6.23. The van der Waals surface area contributed by atoms with Crippen LogP contribution in [0.25, 0.3) is 0 Å². The lowest BCUT2D eigenvalue weighted by Gasteiger charge is -2.09. The van der Waals surface area contributed by atoms with Gasteiger partial charge < -0.3 is 10.1 Å². The van der Waals surface area contributed by atoms with Gasteiger partial charge in [0.25, 0.3) is 0 Å². The summed E-state index contributed by atoms with van der Waals surface area (Å²) in [7, 11) is 1.90. The van der Waals surface area contributed by atoms with Crippen LogP contribution >= 0.6 is 27.5 Å². The molecule has 0 aliphatic heterocycles. The Hall–Kier alpha value is -1.03. The maximum Gasteiger partial charge on any atom is 0.146 e. The Morgan fingerprint density at radius 3 is 2.50 bits per heavy atom. The molecule has 0 saturated heterocycles. The molecule has 0 radical (unpaired) electrons. The third-order valence-electron chi connectivity index (χ3n) is 2.42. The monoisotopic (exact) mass is 325 g/mol. The van der Waals surface area contributed by atoms with Crippen molar-refractivity contribution in [3.8, 4) is 11.5 Å². The van der Waals surface area contributed by atoms with Crippen molar-refractivity contribution < 1.29 is 4.74 Å². The van der Waals surface area contributed by atoms with Crippen molar-refractivity contribution in [2.45, 2.75) is 6.54 Å². The van der Waals surface area contributed by atoms with Crippen LogP contribution in [0.2, 0.25) is 5.02 Å². The molecule has 0 heterocycles. The van der Waals surface area contributed by atoms with E-state index in [9.17, 15) is 0 Å². The van der Waals surface area contributed by atoms with Crippen molar-refractivity contribution in [2.24, 2.45) is 0 Å². The first-order valence-electron chi connectivity index (χ1n) is 5.55. The largest absolute Gasteiger partial charge is 0.456 e. The Morgan fingerprint density at radius 1 is 1.17 bits per heavy atom. The first kappa shape index (κ1) is 13.4. The first-order chi connectivity index (χ1) is 8.69. The number of halogens is 2. The lowest BCUT2D eigenvalue weighted by molar-refractivity contribution is 0.482. The SMILES string of the molecule is CNCc1ccc(Oc2ccc(Br)cc2)c(Cl)c1. The van der Waals surface area contributed by atoms with Crippen LogP contribution in [0.5, 0.6) is 11.5 Å². The fraction of sp³-hybridized carbons (Fsp3) is 0.143. The molecule has 2 nitrogen and oxygen atoms in total. The standard InChI is InChI=1S/C14H13BrClNO/c1-17-9-10-2-7-14(13(16)8-10)18-12-5-3-11(15)4-6-12/h2-8,17H,9H2,1H3.